The van der Waals surface area contributed by atoms with E-state index in [0.29, 0.717) is 13.3 Å². The van der Waals surface area contributed by atoms with Gasteiger partial charge in [0.2, 0.25) is 6.79 Å². The number of ether oxygens (including phenoxy) is 2. The highest BCUT2D eigenvalue weighted by atomic mass is 16.7. The van der Waals surface area contributed by atoms with E-state index in [0.717, 1.165) is 22.9 Å². The van der Waals surface area contributed by atoms with Gasteiger partial charge in [0.25, 0.3) is 0 Å². The lowest BCUT2D eigenvalue weighted by atomic mass is 10.2. The van der Waals surface area contributed by atoms with Crippen LogP contribution in [0.4, 0.5) is 5.82 Å². The quantitative estimate of drug-likeness (QED) is 0.876. The number of pyridine rings is 1. The number of nitrogens with one attached hydrogen (secondary N) is 1. The van der Waals surface area contributed by atoms with Crippen LogP contribution in [0.3, 0.4) is 0 Å². The number of hydrogen-bond acceptors (Lipinski definition) is 4. The monoisotopic (exact) mass is 228 g/mol. The Labute approximate surface area is 99.2 Å². The van der Waals surface area contributed by atoms with E-state index in [9.17, 15) is 0 Å². The molecule has 86 valence electrons. The molecule has 0 saturated heterocycles. The van der Waals surface area contributed by atoms with Crippen LogP contribution in [0.2, 0.25) is 0 Å². The first-order valence-electron chi connectivity index (χ1n) is 5.45. The molecule has 1 aliphatic heterocycles. The Hall–Kier alpha value is -2.23. The minimum Gasteiger partial charge on any atom is -0.454 e. The molecule has 0 amide bonds. The molecule has 0 aliphatic carbocycles. The molecule has 3 rings (SSSR count). The summed E-state index contributed by atoms with van der Waals surface area (Å²) in [5.41, 5.74) is 1.14. The van der Waals surface area contributed by atoms with Crippen molar-refractivity contribution in [3.05, 3.63) is 48.2 Å². The number of fused-ring (bicyclic) bond motifs is 1. The van der Waals surface area contributed by atoms with Gasteiger partial charge < -0.3 is 14.8 Å². The second-order valence-electron chi connectivity index (χ2n) is 3.76. The molecule has 0 saturated carbocycles. The molecule has 0 bridgehead atoms. The molecular formula is C13H12N2O2. The molecule has 17 heavy (non-hydrogen) atoms. The van der Waals surface area contributed by atoms with Gasteiger partial charge in [-0.1, -0.05) is 12.1 Å². The molecule has 1 aromatic carbocycles. The molecule has 0 radical (unpaired) electrons. The van der Waals surface area contributed by atoms with Crippen LogP contribution in [-0.2, 0) is 6.54 Å². The number of rotatable bonds is 3. The third-order valence-corrected chi connectivity index (χ3v) is 2.58. The molecule has 1 N–H and O–H groups in total. The standard InChI is InChI=1S/C13H12N2O2/c1-2-6-14-13(3-1)15-8-10-4-5-11-12(7-10)17-9-16-11/h1-7H,8-9H2,(H,14,15). The lowest BCUT2D eigenvalue weighted by Gasteiger charge is -2.05. The maximum atomic E-state index is 5.33. The minimum absolute atomic E-state index is 0.312. The first-order chi connectivity index (χ1) is 8.42. The van der Waals surface area contributed by atoms with Crippen LogP contribution < -0.4 is 14.8 Å². The van der Waals surface area contributed by atoms with Gasteiger partial charge in [0.05, 0.1) is 0 Å². The van der Waals surface area contributed by atoms with E-state index in [4.69, 9.17) is 9.47 Å². The van der Waals surface area contributed by atoms with Crippen molar-refractivity contribution in [3.63, 3.8) is 0 Å². The van der Waals surface area contributed by atoms with Crippen molar-refractivity contribution in [1.29, 1.82) is 0 Å². The van der Waals surface area contributed by atoms with Crippen LogP contribution in [0, 0.1) is 0 Å². The normalized spacial score (nSPS) is 12.5. The van der Waals surface area contributed by atoms with Crippen LogP contribution >= 0.6 is 0 Å². The molecular weight excluding hydrogens is 216 g/mol. The minimum atomic E-state index is 0.312. The zero-order chi connectivity index (χ0) is 11.5. The van der Waals surface area contributed by atoms with Gasteiger partial charge in [-0.2, -0.15) is 0 Å². The fourth-order valence-corrected chi connectivity index (χ4v) is 1.71. The van der Waals surface area contributed by atoms with E-state index in [1.165, 1.54) is 0 Å². The summed E-state index contributed by atoms with van der Waals surface area (Å²) in [7, 11) is 0. The zero-order valence-corrected chi connectivity index (χ0v) is 9.22. The summed E-state index contributed by atoms with van der Waals surface area (Å²) in [4.78, 5) is 4.20. The highest BCUT2D eigenvalue weighted by Crippen LogP contribution is 2.32. The second-order valence-corrected chi connectivity index (χ2v) is 3.76. The molecule has 1 aliphatic rings. The molecule has 0 unspecified atom stereocenters. The smallest absolute Gasteiger partial charge is 0.231 e. The summed E-state index contributed by atoms with van der Waals surface area (Å²) in [6, 6.07) is 11.7. The highest BCUT2D eigenvalue weighted by molar-refractivity contribution is 5.45. The third-order valence-electron chi connectivity index (χ3n) is 2.58. The van der Waals surface area contributed by atoms with Crippen LogP contribution in [0.5, 0.6) is 11.5 Å². The van der Waals surface area contributed by atoms with Crippen molar-refractivity contribution in [2.45, 2.75) is 6.54 Å². The van der Waals surface area contributed by atoms with E-state index in [1.807, 2.05) is 36.4 Å². The lowest BCUT2D eigenvalue weighted by molar-refractivity contribution is 0.174. The van der Waals surface area contributed by atoms with Gasteiger partial charge in [-0.05, 0) is 29.8 Å². The molecule has 0 spiro atoms. The molecule has 2 heterocycles. The van der Waals surface area contributed by atoms with Crippen molar-refractivity contribution in [3.8, 4) is 11.5 Å². The van der Waals surface area contributed by atoms with Gasteiger partial charge in [0, 0.05) is 12.7 Å². The summed E-state index contributed by atoms with van der Waals surface area (Å²) >= 11 is 0. The molecule has 1 aromatic heterocycles. The van der Waals surface area contributed by atoms with Crippen LogP contribution in [0.15, 0.2) is 42.6 Å². The SMILES string of the molecule is c1ccc(NCc2ccc3c(c2)OCO3)nc1. The topological polar surface area (TPSA) is 43.4 Å². The van der Waals surface area contributed by atoms with E-state index in [1.54, 1.807) is 6.20 Å². The fraction of sp³-hybridized carbons (Fsp3) is 0.154. The lowest BCUT2D eigenvalue weighted by Crippen LogP contribution is -2.00. The summed E-state index contributed by atoms with van der Waals surface area (Å²) in [6.45, 7) is 1.03. The van der Waals surface area contributed by atoms with Crippen molar-refractivity contribution < 1.29 is 9.47 Å². The van der Waals surface area contributed by atoms with E-state index in [-0.39, 0.29) is 0 Å². The van der Waals surface area contributed by atoms with Crippen LogP contribution in [0.25, 0.3) is 0 Å². The van der Waals surface area contributed by atoms with Crippen molar-refractivity contribution in [2.75, 3.05) is 12.1 Å². The Balaban J connectivity index is 1.70. The average molecular weight is 228 g/mol. The van der Waals surface area contributed by atoms with Crippen LogP contribution in [0.1, 0.15) is 5.56 Å². The maximum absolute atomic E-state index is 5.33. The van der Waals surface area contributed by atoms with E-state index in [2.05, 4.69) is 10.3 Å². The van der Waals surface area contributed by atoms with Gasteiger partial charge in [-0.3, -0.25) is 0 Å². The number of nitrogens with zero attached hydrogens (tertiary/aromatic N) is 1. The molecule has 0 atom stereocenters. The summed E-state index contributed by atoms with van der Waals surface area (Å²) < 4.78 is 10.6. The Morgan fingerprint density at radius 3 is 2.94 bits per heavy atom. The van der Waals surface area contributed by atoms with E-state index < -0.39 is 0 Å². The Bertz CT molecular complexity index is 514. The van der Waals surface area contributed by atoms with Gasteiger partial charge >= 0.3 is 0 Å². The Morgan fingerprint density at radius 1 is 1.12 bits per heavy atom. The molecule has 4 nitrogen and oxygen atoms in total. The average Bonchev–Trinajstić information content (AvgIpc) is 2.85. The molecule has 2 aromatic rings. The predicted octanol–water partition coefficient (Wildman–Crippen LogP) is 2.42. The highest BCUT2D eigenvalue weighted by Gasteiger charge is 2.12. The summed E-state index contributed by atoms with van der Waals surface area (Å²) in [6.07, 6.45) is 1.77. The first kappa shape index (κ1) is 9.96. The predicted molar refractivity (Wildman–Crippen MR) is 64.1 cm³/mol. The van der Waals surface area contributed by atoms with Crippen molar-refractivity contribution in [2.24, 2.45) is 0 Å². The first-order valence-corrected chi connectivity index (χ1v) is 5.45. The fourth-order valence-electron chi connectivity index (χ4n) is 1.71. The van der Waals surface area contributed by atoms with Crippen molar-refractivity contribution in [1.82, 2.24) is 4.98 Å². The largest absolute Gasteiger partial charge is 0.454 e. The van der Waals surface area contributed by atoms with E-state index >= 15 is 0 Å². The van der Waals surface area contributed by atoms with Gasteiger partial charge in [-0.25, -0.2) is 4.98 Å². The Kier molecular flexibility index (Phi) is 2.54. The zero-order valence-electron chi connectivity index (χ0n) is 9.22. The molecule has 0 fully saturated rings. The van der Waals surface area contributed by atoms with Gasteiger partial charge in [-0.15, -0.1) is 0 Å². The summed E-state index contributed by atoms with van der Waals surface area (Å²) in [5, 5.41) is 3.24. The molecule has 4 heteroatoms. The Morgan fingerprint density at radius 2 is 2.06 bits per heavy atom. The third kappa shape index (κ3) is 2.15. The van der Waals surface area contributed by atoms with Gasteiger partial charge in [0.1, 0.15) is 5.82 Å². The van der Waals surface area contributed by atoms with Gasteiger partial charge in [0.15, 0.2) is 11.5 Å². The number of aromatic nitrogens is 1. The van der Waals surface area contributed by atoms with Crippen LogP contribution in [-0.4, -0.2) is 11.8 Å². The summed E-state index contributed by atoms with van der Waals surface area (Å²) in [5.74, 6) is 2.49. The second kappa shape index (κ2) is 4.33. The number of benzene rings is 1. The van der Waals surface area contributed by atoms with Crippen molar-refractivity contribution >= 4 is 5.82 Å². The maximum Gasteiger partial charge on any atom is 0.231 e. The number of hydrogen-bond donors (Lipinski definition) is 1. The number of anilines is 1.